The molecule has 4 heteroatoms. The third-order valence-corrected chi connectivity index (χ3v) is 2.65. The molecule has 3 nitrogen and oxygen atoms in total. The first-order valence-electron chi connectivity index (χ1n) is 4.53. The highest BCUT2D eigenvalue weighted by Crippen LogP contribution is 2.15. The van der Waals surface area contributed by atoms with Crippen LogP contribution in [-0.4, -0.2) is 16.8 Å². The van der Waals surface area contributed by atoms with Crippen molar-refractivity contribution >= 4 is 17.7 Å². The van der Waals surface area contributed by atoms with E-state index in [4.69, 9.17) is 9.52 Å². The van der Waals surface area contributed by atoms with Gasteiger partial charge in [0.05, 0.1) is 5.75 Å². The first-order valence-corrected chi connectivity index (χ1v) is 5.69. The molecule has 1 aromatic rings. The monoisotopic (exact) mass is 224 g/mol. The molecule has 0 aliphatic carbocycles. The average molecular weight is 224 g/mol. The summed E-state index contributed by atoms with van der Waals surface area (Å²) in [6.07, 6.45) is 0.855. The standard InChI is InChI=1S/C11H12O3S/c1-2-3-4-7-15-8-9-5-6-10(14-9)11(12)13/h5-6H,4,7-8H2,1H3,(H,12,13). The second-order valence-electron chi connectivity index (χ2n) is 2.80. The van der Waals surface area contributed by atoms with E-state index in [1.165, 1.54) is 6.07 Å². The average Bonchev–Trinajstić information content (AvgIpc) is 2.66. The zero-order chi connectivity index (χ0) is 11.1. The fourth-order valence-corrected chi connectivity index (χ4v) is 1.74. The van der Waals surface area contributed by atoms with Gasteiger partial charge in [0.2, 0.25) is 5.76 Å². The van der Waals surface area contributed by atoms with Crippen LogP contribution < -0.4 is 0 Å². The van der Waals surface area contributed by atoms with E-state index >= 15 is 0 Å². The lowest BCUT2D eigenvalue weighted by molar-refractivity contribution is 0.0661. The molecule has 1 rings (SSSR count). The summed E-state index contributed by atoms with van der Waals surface area (Å²) in [5.74, 6) is 7.08. The van der Waals surface area contributed by atoms with Crippen molar-refractivity contribution in [2.75, 3.05) is 5.75 Å². The van der Waals surface area contributed by atoms with Crippen LogP contribution in [0, 0.1) is 11.8 Å². The molecule has 15 heavy (non-hydrogen) atoms. The third kappa shape index (κ3) is 4.13. The van der Waals surface area contributed by atoms with E-state index in [0.717, 1.165) is 12.2 Å². The summed E-state index contributed by atoms with van der Waals surface area (Å²) in [7, 11) is 0. The van der Waals surface area contributed by atoms with Gasteiger partial charge < -0.3 is 9.52 Å². The molecule has 0 unspecified atom stereocenters. The third-order valence-electron chi connectivity index (χ3n) is 1.66. The zero-order valence-electron chi connectivity index (χ0n) is 8.45. The Morgan fingerprint density at radius 3 is 3.00 bits per heavy atom. The van der Waals surface area contributed by atoms with Gasteiger partial charge in [-0.3, -0.25) is 0 Å². The first kappa shape index (κ1) is 11.7. The summed E-state index contributed by atoms with van der Waals surface area (Å²) in [5.41, 5.74) is 0. The van der Waals surface area contributed by atoms with Gasteiger partial charge in [0, 0.05) is 12.2 Å². The molecule has 1 aromatic heterocycles. The van der Waals surface area contributed by atoms with Gasteiger partial charge in [0.1, 0.15) is 5.76 Å². The van der Waals surface area contributed by atoms with E-state index in [1.54, 1.807) is 17.8 Å². The van der Waals surface area contributed by atoms with Crippen molar-refractivity contribution < 1.29 is 14.3 Å². The lowest BCUT2D eigenvalue weighted by Crippen LogP contribution is -1.91. The van der Waals surface area contributed by atoms with Gasteiger partial charge in [-0.05, 0) is 19.1 Å². The van der Waals surface area contributed by atoms with Crippen LogP contribution in [0.1, 0.15) is 29.7 Å². The van der Waals surface area contributed by atoms with E-state index < -0.39 is 5.97 Å². The van der Waals surface area contributed by atoms with E-state index in [1.807, 2.05) is 6.92 Å². The molecular formula is C11H12O3S. The second-order valence-corrected chi connectivity index (χ2v) is 3.91. The number of thioether (sulfide) groups is 1. The summed E-state index contributed by atoms with van der Waals surface area (Å²) in [5, 5.41) is 8.62. The van der Waals surface area contributed by atoms with Crippen molar-refractivity contribution in [3.05, 3.63) is 23.7 Å². The van der Waals surface area contributed by atoms with Gasteiger partial charge in [-0.25, -0.2) is 4.79 Å². The van der Waals surface area contributed by atoms with Crippen molar-refractivity contribution in [2.45, 2.75) is 19.1 Å². The topological polar surface area (TPSA) is 50.4 Å². The molecule has 0 bridgehead atoms. The molecule has 80 valence electrons. The van der Waals surface area contributed by atoms with Crippen molar-refractivity contribution in [1.82, 2.24) is 0 Å². The van der Waals surface area contributed by atoms with Crippen molar-refractivity contribution in [2.24, 2.45) is 0 Å². The Morgan fingerprint density at radius 1 is 1.60 bits per heavy atom. The molecule has 1 N–H and O–H groups in total. The largest absolute Gasteiger partial charge is 0.475 e. The molecule has 0 aliphatic heterocycles. The second kappa shape index (κ2) is 6.20. The molecule has 0 aliphatic rings. The van der Waals surface area contributed by atoms with Crippen LogP contribution >= 0.6 is 11.8 Å². The van der Waals surface area contributed by atoms with E-state index in [9.17, 15) is 4.79 Å². The van der Waals surface area contributed by atoms with Crippen LogP contribution in [0.3, 0.4) is 0 Å². The summed E-state index contributed by atoms with van der Waals surface area (Å²) < 4.78 is 5.10. The smallest absolute Gasteiger partial charge is 0.371 e. The van der Waals surface area contributed by atoms with Gasteiger partial charge in [0.25, 0.3) is 0 Å². The SMILES string of the molecule is CC#CCCSCc1ccc(C(=O)O)o1. The Bertz CT molecular complexity index is 384. The number of carboxylic acid groups (broad SMARTS) is 1. The Balaban J connectivity index is 2.30. The lowest BCUT2D eigenvalue weighted by atomic mass is 10.4. The maximum absolute atomic E-state index is 10.5. The van der Waals surface area contributed by atoms with Crippen LogP contribution in [0.4, 0.5) is 0 Å². The minimum Gasteiger partial charge on any atom is -0.475 e. The predicted octanol–water partition coefficient (Wildman–Crippen LogP) is 2.62. The molecular weight excluding hydrogens is 212 g/mol. The Hall–Kier alpha value is -1.34. The molecule has 0 saturated carbocycles. The van der Waals surface area contributed by atoms with Gasteiger partial charge in [-0.2, -0.15) is 11.8 Å². The molecule has 0 saturated heterocycles. The maximum atomic E-state index is 10.5. The highest BCUT2D eigenvalue weighted by Gasteiger charge is 2.08. The first-order chi connectivity index (χ1) is 7.24. The Kier molecular flexibility index (Phi) is 4.85. The summed E-state index contributed by atoms with van der Waals surface area (Å²) in [6.45, 7) is 1.82. The number of aromatic carboxylic acids is 1. The number of furan rings is 1. The summed E-state index contributed by atoms with van der Waals surface area (Å²) >= 11 is 1.68. The van der Waals surface area contributed by atoms with E-state index in [2.05, 4.69) is 11.8 Å². The van der Waals surface area contributed by atoms with Gasteiger partial charge >= 0.3 is 5.97 Å². The minimum absolute atomic E-state index is 0.000972. The fraction of sp³-hybridized carbons (Fsp3) is 0.364. The van der Waals surface area contributed by atoms with Gasteiger partial charge in [-0.1, -0.05) is 0 Å². The maximum Gasteiger partial charge on any atom is 0.371 e. The highest BCUT2D eigenvalue weighted by molar-refractivity contribution is 7.98. The zero-order valence-corrected chi connectivity index (χ0v) is 9.26. The molecule has 0 fully saturated rings. The number of hydrogen-bond acceptors (Lipinski definition) is 3. The van der Waals surface area contributed by atoms with Gasteiger partial charge in [-0.15, -0.1) is 11.8 Å². The molecule has 1 heterocycles. The Morgan fingerprint density at radius 2 is 2.40 bits per heavy atom. The van der Waals surface area contributed by atoms with Crippen molar-refractivity contribution in [3.63, 3.8) is 0 Å². The fourth-order valence-electron chi connectivity index (χ4n) is 0.991. The minimum atomic E-state index is -1.02. The summed E-state index contributed by atoms with van der Waals surface area (Å²) in [6, 6.07) is 3.17. The van der Waals surface area contributed by atoms with Crippen LogP contribution in [0.2, 0.25) is 0 Å². The van der Waals surface area contributed by atoms with E-state index in [0.29, 0.717) is 11.5 Å². The molecule has 0 atom stereocenters. The van der Waals surface area contributed by atoms with Gasteiger partial charge in [0.15, 0.2) is 0 Å². The number of carboxylic acids is 1. The predicted molar refractivity (Wildman–Crippen MR) is 59.9 cm³/mol. The highest BCUT2D eigenvalue weighted by atomic mass is 32.2. The van der Waals surface area contributed by atoms with Crippen LogP contribution in [0.15, 0.2) is 16.5 Å². The normalized spacial score (nSPS) is 9.40. The molecule has 0 aromatic carbocycles. The number of rotatable bonds is 5. The Labute approximate surface area is 92.9 Å². The van der Waals surface area contributed by atoms with Crippen molar-refractivity contribution in [3.8, 4) is 11.8 Å². The van der Waals surface area contributed by atoms with Crippen LogP contribution in [0.5, 0.6) is 0 Å². The number of carbonyl (C=O) groups is 1. The van der Waals surface area contributed by atoms with Crippen LogP contribution in [0.25, 0.3) is 0 Å². The number of hydrogen-bond donors (Lipinski definition) is 1. The quantitative estimate of drug-likeness (QED) is 0.617. The van der Waals surface area contributed by atoms with E-state index in [-0.39, 0.29) is 5.76 Å². The molecule has 0 spiro atoms. The van der Waals surface area contributed by atoms with Crippen molar-refractivity contribution in [1.29, 1.82) is 0 Å². The molecule has 0 amide bonds. The lowest BCUT2D eigenvalue weighted by Gasteiger charge is -1.94. The van der Waals surface area contributed by atoms with Crippen LogP contribution in [-0.2, 0) is 5.75 Å². The molecule has 0 radical (unpaired) electrons. The summed E-state index contributed by atoms with van der Waals surface area (Å²) in [4.78, 5) is 10.5.